The number of carbonyl (C=O) groups is 3. The molecule has 2 aromatic rings. The molecular weight excluding hydrogens is 308 g/mol. The fourth-order valence-electron chi connectivity index (χ4n) is 3.14. The van der Waals surface area contributed by atoms with Gasteiger partial charge >= 0.3 is 11.9 Å². The maximum Gasteiger partial charge on any atom is 0.304 e. The normalized spacial score (nSPS) is 21.9. The van der Waals surface area contributed by atoms with Crippen LogP contribution in [0.5, 0.6) is 0 Å². The molecule has 1 aliphatic carbocycles. The Kier molecular flexibility index (Phi) is 3.93. The van der Waals surface area contributed by atoms with Gasteiger partial charge in [-0.25, -0.2) is 0 Å². The van der Waals surface area contributed by atoms with Crippen LogP contribution in [0.25, 0.3) is 0 Å². The number of Topliss-reactive ketones (excluding diaryl/α,β-unsaturated/α-hetero) is 1. The standard InChI is InChI=1S/C19H16O5/c1-12(20)23-18-16-11-7-6-10-15(16)17(22)19(18,24-13(2)21)14-8-4-3-5-9-14/h3-11,18H,1-2H3/t18-,19+/m1/s1. The monoisotopic (exact) mass is 324 g/mol. The van der Waals surface area contributed by atoms with Gasteiger partial charge in [-0.3, -0.25) is 14.4 Å². The van der Waals surface area contributed by atoms with E-state index in [4.69, 9.17) is 9.47 Å². The van der Waals surface area contributed by atoms with Crippen molar-refractivity contribution in [1.82, 2.24) is 0 Å². The highest BCUT2D eigenvalue weighted by Gasteiger charge is 2.59. The maximum absolute atomic E-state index is 13.2. The molecule has 2 atom stereocenters. The van der Waals surface area contributed by atoms with Gasteiger partial charge in [-0.2, -0.15) is 0 Å². The second-order valence-corrected chi connectivity index (χ2v) is 5.60. The number of benzene rings is 2. The Balaban J connectivity index is 2.27. The number of hydrogen-bond acceptors (Lipinski definition) is 5. The molecule has 0 radical (unpaired) electrons. The van der Waals surface area contributed by atoms with Gasteiger partial charge in [0.05, 0.1) is 0 Å². The molecule has 0 aliphatic heterocycles. The third kappa shape index (κ3) is 2.38. The van der Waals surface area contributed by atoms with E-state index in [0.717, 1.165) is 0 Å². The Hall–Kier alpha value is -2.95. The molecular formula is C19H16O5. The van der Waals surface area contributed by atoms with Gasteiger partial charge in [0, 0.05) is 30.5 Å². The number of rotatable bonds is 3. The highest BCUT2D eigenvalue weighted by Crippen LogP contribution is 2.50. The highest BCUT2D eigenvalue weighted by atomic mass is 16.6. The van der Waals surface area contributed by atoms with Crippen LogP contribution in [-0.2, 0) is 24.7 Å². The van der Waals surface area contributed by atoms with Crippen molar-refractivity contribution in [3.8, 4) is 0 Å². The van der Waals surface area contributed by atoms with Crippen LogP contribution in [0.2, 0.25) is 0 Å². The van der Waals surface area contributed by atoms with Crippen LogP contribution < -0.4 is 0 Å². The van der Waals surface area contributed by atoms with Crippen LogP contribution in [0.15, 0.2) is 54.6 Å². The van der Waals surface area contributed by atoms with Crippen molar-refractivity contribution in [2.75, 3.05) is 0 Å². The van der Waals surface area contributed by atoms with Crippen LogP contribution in [0.4, 0.5) is 0 Å². The number of ketones is 1. The lowest BCUT2D eigenvalue weighted by molar-refractivity contribution is -0.177. The summed E-state index contributed by atoms with van der Waals surface area (Å²) in [6, 6.07) is 15.4. The van der Waals surface area contributed by atoms with Gasteiger partial charge in [-0.1, -0.05) is 54.6 Å². The molecule has 0 unspecified atom stereocenters. The van der Waals surface area contributed by atoms with Gasteiger partial charge in [0.15, 0.2) is 6.10 Å². The molecule has 0 bridgehead atoms. The zero-order valence-electron chi connectivity index (χ0n) is 13.3. The molecule has 1 aliphatic rings. The molecule has 3 rings (SSSR count). The Morgan fingerprint density at radius 2 is 1.54 bits per heavy atom. The highest BCUT2D eigenvalue weighted by molar-refractivity contribution is 6.09. The summed E-state index contributed by atoms with van der Waals surface area (Å²) in [4.78, 5) is 36.6. The minimum Gasteiger partial charge on any atom is -0.452 e. The first-order valence-electron chi connectivity index (χ1n) is 7.53. The van der Waals surface area contributed by atoms with E-state index >= 15 is 0 Å². The largest absolute Gasteiger partial charge is 0.452 e. The van der Waals surface area contributed by atoms with Crippen molar-refractivity contribution in [1.29, 1.82) is 0 Å². The van der Waals surface area contributed by atoms with Crippen LogP contribution in [0.3, 0.4) is 0 Å². The summed E-state index contributed by atoms with van der Waals surface area (Å²) < 4.78 is 11.0. The van der Waals surface area contributed by atoms with Crippen molar-refractivity contribution in [3.63, 3.8) is 0 Å². The summed E-state index contributed by atoms with van der Waals surface area (Å²) in [5.41, 5.74) is -0.327. The van der Waals surface area contributed by atoms with Crippen LogP contribution in [-0.4, -0.2) is 17.7 Å². The average molecular weight is 324 g/mol. The Labute approximate surface area is 139 Å². The summed E-state index contributed by atoms with van der Waals surface area (Å²) in [6.07, 6.45) is -1.02. The SMILES string of the molecule is CC(=O)O[C@@H]1c2ccccc2C(=O)[C@@]1(OC(C)=O)c1ccccc1. The van der Waals surface area contributed by atoms with E-state index in [1.54, 1.807) is 54.6 Å². The van der Waals surface area contributed by atoms with E-state index in [9.17, 15) is 14.4 Å². The fourth-order valence-corrected chi connectivity index (χ4v) is 3.14. The van der Waals surface area contributed by atoms with Crippen molar-refractivity contribution in [2.24, 2.45) is 0 Å². The molecule has 0 saturated heterocycles. The van der Waals surface area contributed by atoms with Crippen LogP contribution >= 0.6 is 0 Å². The van der Waals surface area contributed by atoms with Gasteiger partial charge < -0.3 is 9.47 Å². The lowest BCUT2D eigenvalue weighted by Gasteiger charge is -2.33. The van der Waals surface area contributed by atoms with Crippen molar-refractivity contribution >= 4 is 17.7 Å². The number of fused-ring (bicyclic) bond motifs is 1. The molecule has 0 aromatic heterocycles. The van der Waals surface area contributed by atoms with Gasteiger partial charge in [0.1, 0.15) is 0 Å². The molecule has 5 nitrogen and oxygen atoms in total. The molecule has 2 aromatic carbocycles. The molecule has 0 spiro atoms. The molecule has 122 valence electrons. The predicted molar refractivity (Wildman–Crippen MR) is 85.2 cm³/mol. The Bertz CT molecular complexity index is 812. The lowest BCUT2D eigenvalue weighted by atomic mass is 9.87. The third-order valence-electron chi connectivity index (χ3n) is 3.99. The molecule has 0 amide bonds. The fraction of sp³-hybridized carbons (Fsp3) is 0.211. The summed E-state index contributed by atoms with van der Waals surface area (Å²) in [5.74, 6) is -1.58. The zero-order chi connectivity index (χ0) is 17.3. The number of ether oxygens (including phenoxy) is 2. The van der Waals surface area contributed by atoms with Gasteiger partial charge in [0.2, 0.25) is 11.4 Å². The Morgan fingerprint density at radius 1 is 0.917 bits per heavy atom. The van der Waals surface area contributed by atoms with Gasteiger partial charge in [0.25, 0.3) is 0 Å². The predicted octanol–water partition coefficient (Wildman–Crippen LogP) is 2.95. The van der Waals surface area contributed by atoms with Crippen molar-refractivity contribution in [3.05, 3.63) is 71.3 Å². The van der Waals surface area contributed by atoms with Gasteiger partial charge in [-0.15, -0.1) is 0 Å². The second kappa shape index (κ2) is 5.92. The van der Waals surface area contributed by atoms with Crippen molar-refractivity contribution < 1.29 is 23.9 Å². The minimum atomic E-state index is -1.71. The van der Waals surface area contributed by atoms with Crippen molar-refractivity contribution in [2.45, 2.75) is 25.6 Å². The lowest BCUT2D eigenvalue weighted by Crippen LogP contribution is -2.42. The van der Waals surface area contributed by atoms with Crippen LogP contribution in [0, 0.1) is 0 Å². The molecule has 0 heterocycles. The quantitative estimate of drug-likeness (QED) is 0.812. The average Bonchev–Trinajstić information content (AvgIpc) is 2.78. The van der Waals surface area contributed by atoms with E-state index in [2.05, 4.69) is 0 Å². The number of hydrogen-bond donors (Lipinski definition) is 0. The minimum absolute atomic E-state index is 0.383. The molecule has 0 fully saturated rings. The molecule has 0 saturated carbocycles. The van der Waals surface area contributed by atoms with E-state index in [1.165, 1.54) is 13.8 Å². The van der Waals surface area contributed by atoms with E-state index in [-0.39, 0.29) is 0 Å². The van der Waals surface area contributed by atoms with Crippen LogP contribution in [0.1, 0.15) is 41.4 Å². The Morgan fingerprint density at radius 3 is 2.17 bits per heavy atom. The maximum atomic E-state index is 13.2. The zero-order valence-corrected chi connectivity index (χ0v) is 13.3. The third-order valence-corrected chi connectivity index (χ3v) is 3.99. The molecule has 5 heteroatoms. The van der Waals surface area contributed by atoms with E-state index in [0.29, 0.717) is 16.7 Å². The summed E-state index contributed by atoms with van der Waals surface area (Å²) in [5, 5.41) is 0. The first-order chi connectivity index (χ1) is 11.5. The number of carbonyl (C=O) groups excluding carboxylic acids is 3. The summed E-state index contributed by atoms with van der Waals surface area (Å²) in [6.45, 7) is 2.49. The number of esters is 2. The molecule has 0 N–H and O–H groups in total. The summed E-state index contributed by atoms with van der Waals surface area (Å²) >= 11 is 0. The first-order valence-corrected chi connectivity index (χ1v) is 7.53. The topological polar surface area (TPSA) is 69.7 Å². The summed E-state index contributed by atoms with van der Waals surface area (Å²) in [7, 11) is 0. The van der Waals surface area contributed by atoms with Gasteiger partial charge in [-0.05, 0) is 0 Å². The smallest absolute Gasteiger partial charge is 0.304 e. The van der Waals surface area contributed by atoms with E-state index < -0.39 is 29.4 Å². The molecule has 24 heavy (non-hydrogen) atoms. The second-order valence-electron chi connectivity index (χ2n) is 5.60. The first kappa shape index (κ1) is 15.9. The van der Waals surface area contributed by atoms with E-state index in [1.807, 2.05) is 0 Å².